The fourth-order valence-corrected chi connectivity index (χ4v) is 4.55. The van der Waals surface area contributed by atoms with Crippen LogP contribution in [0.1, 0.15) is 23.7 Å². The van der Waals surface area contributed by atoms with Gasteiger partial charge in [-0.2, -0.15) is 0 Å². The number of nitrogen functional groups attached to an aromatic ring is 1. The van der Waals surface area contributed by atoms with E-state index in [0.29, 0.717) is 41.5 Å². The van der Waals surface area contributed by atoms with Gasteiger partial charge in [-0.15, -0.1) is 0 Å². The maximum absolute atomic E-state index is 12.7. The molecule has 5 rings (SSSR count). The molecule has 2 aromatic carbocycles. The van der Waals surface area contributed by atoms with Crippen molar-refractivity contribution in [2.75, 3.05) is 24.3 Å². The number of carbonyl (C=O) groups is 2. The number of hydrogen-bond acceptors (Lipinski definition) is 6. The number of anilines is 2. The number of amides is 2. The van der Waals surface area contributed by atoms with E-state index < -0.39 is 0 Å². The minimum atomic E-state index is -0.231. The summed E-state index contributed by atoms with van der Waals surface area (Å²) in [7, 11) is 1.93. The summed E-state index contributed by atoms with van der Waals surface area (Å²) in [5.41, 5.74) is 12.2. The molecule has 1 aliphatic heterocycles. The normalized spacial score (nSPS) is 15.0. The van der Waals surface area contributed by atoms with Crippen molar-refractivity contribution in [1.82, 2.24) is 19.9 Å². The Morgan fingerprint density at radius 3 is 2.43 bits per heavy atom. The first kappa shape index (κ1) is 24.2. The van der Waals surface area contributed by atoms with Gasteiger partial charge in [0.1, 0.15) is 17.8 Å². The second-order valence-electron chi connectivity index (χ2n) is 9.16. The van der Waals surface area contributed by atoms with E-state index in [1.807, 2.05) is 48.0 Å². The van der Waals surface area contributed by atoms with Gasteiger partial charge in [-0.3, -0.25) is 9.59 Å². The molecule has 0 radical (unpaired) electrons. The van der Waals surface area contributed by atoms with Crippen molar-refractivity contribution in [1.29, 1.82) is 0 Å². The van der Waals surface area contributed by atoms with Gasteiger partial charge in [0.25, 0.3) is 11.8 Å². The fourth-order valence-electron chi connectivity index (χ4n) is 4.55. The first-order valence-electron chi connectivity index (χ1n) is 12.0. The maximum atomic E-state index is 12.7. The molecular weight excluding hydrogens is 468 g/mol. The van der Waals surface area contributed by atoms with Crippen molar-refractivity contribution in [3.63, 3.8) is 0 Å². The van der Waals surface area contributed by atoms with Crippen molar-refractivity contribution in [2.45, 2.75) is 19.4 Å². The lowest BCUT2D eigenvalue weighted by Gasteiger charge is -2.12. The summed E-state index contributed by atoms with van der Waals surface area (Å²) >= 11 is 0. The van der Waals surface area contributed by atoms with Crippen LogP contribution >= 0.6 is 0 Å². The van der Waals surface area contributed by atoms with Crippen LogP contribution in [0, 0.1) is 0 Å². The topological polar surface area (TPSA) is 124 Å². The van der Waals surface area contributed by atoms with E-state index in [9.17, 15) is 9.59 Å². The number of rotatable bonds is 6. The standard InChI is InChI=1S/C28H28N6O3/c1-16(2)27(35)32-20-10-8-18(9-11-20)24-22(23-25(29)30-15-31-26(23)34(24)3)17-4-6-19(7-5-17)28(36)33-21-12-13-37-14-21/h4-11,15,21H,1,12-14H2,2-3H3,(H,32,35)(H,33,36)(H2,29,30,31)/t21-/m0/s1. The zero-order chi connectivity index (χ0) is 26.1. The number of carbonyl (C=O) groups excluding carboxylic acids is 2. The van der Waals surface area contributed by atoms with Crippen LogP contribution in [0.5, 0.6) is 0 Å². The van der Waals surface area contributed by atoms with Crippen molar-refractivity contribution >= 4 is 34.4 Å². The molecule has 37 heavy (non-hydrogen) atoms. The summed E-state index contributed by atoms with van der Waals surface area (Å²) in [5, 5.41) is 6.58. The van der Waals surface area contributed by atoms with Crippen molar-refractivity contribution in [3.05, 3.63) is 72.6 Å². The molecule has 2 amide bonds. The van der Waals surface area contributed by atoms with Crippen LogP contribution in [0.4, 0.5) is 11.5 Å². The highest BCUT2D eigenvalue weighted by Crippen LogP contribution is 2.41. The predicted molar refractivity (Wildman–Crippen MR) is 144 cm³/mol. The van der Waals surface area contributed by atoms with Crippen LogP contribution in [0.2, 0.25) is 0 Å². The van der Waals surface area contributed by atoms with E-state index in [0.717, 1.165) is 34.2 Å². The van der Waals surface area contributed by atoms with E-state index in [1.54, 1.807) is 19.1 Å². The van der Waals surface area contributed by atoms with E-state index in [1.165, 1.54) is 6.33 Å². The lowest BCUT2D eigenvalue weighted by molar-refractivity contribution is -0.112. The molecule has 0 aliphatic carbocycles. The zero-order valence-electron chi connectivity index (χ0n) is 20.7. The number of nitrogens with one attached hydrogen (secondary N) is 2. The second kappa shape index (κ2) is 9.87. The number of nitrogens with zero attached hydrogens (tertiary/aromatic N) is 3. The van der Waals surface area contributed by atoms with Gasteiger partial charge in [0, 0.05) is 36.0 Å². The molecule has 1 aliphatic rings. The van der Waals surface area contributed by atoms with Gasteiger partial charge in [0.05, 0.1) is 23.7 Å². The number of benzene rings is 2. The molecule has 2 aromatic heterocycles. The average Bonchev–Trinajstić information content (AvgIpc) is 3.51. The molecule has 3 heterocycles. The highest BCUT2D eigenvalue weighted by molar-refractivity contribution is 6.08. The minimum Gasteiger partial charge on any atom is -0.383 e. The third-order valence-electron chi connectivity index (χ3n) is 6.50. The first-order valence-corrected chi connectivity index (χ1v) is 12.0. The highest BCUT2D eigenvalue weighted by Gasteiger charge is 2.23. The van der Waals surface area contributed by atoms with Gasteiger partial charge >= 0.3 is 0 Å². The number of hydrogen-bond donors (Lipinski definition) is 3. The summed E-state index contributed by atoms with van der Waals surface area (Å²) in [6.07, 6.45) is 2.26. The zero-order valence-corrected chi connectivity index (χ0v) is 20.7. The number of nitrogens with two attached hydrogens (primary N) is 1. The van der Waals surface area contributed by atoms with Crippen molar-refractivity contribution in [3.8, 4) is 22.4 Å². The molecular formula is C28H28N6O3. The Kier molecular flexibility index (Phi) is 6.45. The van der Waals surface area contributed by atoms with Crippen molar-refractivity contribution < 1.29 is 14.3 Å². The van der Waals surface area contributed by atoms with E-state index in [2.05, 4.69) is 27.2 Å². The van der Waals surface area contributed by atoms with Crippen LogP contribution in [0.3, 0.4) is 0 Å². The molecule has 9 heteroatoms. The van der Waals surface area contributed by atoms with Gasteiger partial charge in [-0.25, -0.2) is 9.97 Å². The monoisotopic (exact) mass is 496 g/mol. The lowest BCUT2D eigenvalue weighted by Crippen LogP contribution is -2.34. The third-order valence-corrected chi connectivity index (χ3v) is 6.50. The van der Waals surface area contributed by atoms with Crippen LogP contribution in [0.15, 0.2) is 67.0 Å². The number of aryl methyl sites for hydroxylation is 1. The first-order chi connectivity index (χ1) is 17.8. The molecule has 1 fully saturated rings. The van der Waals surface area contributed by atoms with Crippen LogP contribution < -0.4 is 16.4 Å². The molecule has 9 nitrogen and oxygen atoms in total. The van der Waals surface area contributed by atoms with E-state index in [-0.39, 0.29) is 17.9 Å². The Labute approximate surface area is 214 Å². The van der Waals surface area contributed by atoms with Gasteiger partial charge in [-0.1, -0.05) is 30.8 Å². The summed E-state index contributed by atoms with van der Waals surface area (Å²) in [5.74, 6) is 0.0105. The molecule has 0 bridgehead atoms. The molecule has 4 N–H and O–H groups in total. The van der Waals surface area contributed by atoms with Gasteiger partial charge in [0.15, 0.2) is 0 Å². The minimum absolute atomic E-state index is 0.0388. The van der Waals surface area contributed by atoms with E-state index >= 15 is 0 Å². The van der Waals surface area contributed by atoms with Crippen LogP contribution in [-0.2, 0) is 16.6 Å². The summed E-state index contributed by atoms with van der Waals surface area (Å²) in [6.45, 7) is 6.54. The molecule has 0 saturated carbocycles. The Morgan fingerprint density at radius 2 is 1.78 bits per heavy atom. The summed E-state index contributed by atoms with van der Waals surface area (Å²) in [4.78, 5) is 33.4. The van der Waals surface area contributed by atoms with Crippen LogP contribution in [0.25, 0.3) is 33.4 Å². The van der Waals surface area contributed by atoms with Crippen LogP contribution in [-0.4, -0.2) is 45.6 Å². The quantitative estimate of drug-likeness (QED) is 0.348. The number of aromatic nitrogens is 3. The molecule has 0 unspecified atom stereocenters. The van der Waals surface area contributed by atoms with Gasteiger partial charge < -0.3 is 25.7 Å². The Bertz CT molecular complexity index is 1500. The molecule has 1 saturated heterocycles. The third kappa shape index (κ3) is 4.68. The van der Waals surface area contributed by atoms with E-state index in [4.69, 9.17) is 10.5 Å². The smallest absolute Gasteiger partial charge is 0.251 e. The largest absolute Gasteiger partial charge is 0.383 e. The Morgan fingerprint density at radius 1 is 1.08 bits per heavy atom. The number of fused-ring (bicyclic) bond motifs is 1. The maximum Gasteiger partial charge on any atom is 0.251 e. The summed E-state index contributed by atoms with van der Waals surface area (Å²) < 4.78 is 7.33. The molecule has 0 spiro atoms. The Balaban J connectivity index is 1.55. The predicted octanol–water partition coefficient (Wildman–Crippen LogP) is 3.92. The Hall–Kier alpha value is -4.50. The fraction of sp³-hybridized carbons (Fsp3) is 0.214. The number of ether oxygens (including phenoxy) is 1. The highest BCUT2D eigenvalue weighted by atomic mass is 16.5. The second-order valence-corrected chi connectivity index (χ2v) is 9.16. The van der Waals surface area contributed by atoms with Gasteiger partial charge in [-0.05, 0) is 48.7 Å². The SMILES string of the molecule is C=C(C)C(=O)Nc1ccc(-c2c(-c3ccc(C(=O)N[C@H]4CCOC4)cc3)c3c(N)ncnc3n2C)cc1. The molecule has 4 aromatic rings. The average molecular weight is 497 g/mol. The molecule has 188 valence electrons. The van der Waals surface area contributed by atoms with Gasteiger partial charge in [0.2, 0.25) is 0 Å². The summed E-state index contributed by atoms with van der Waals surface area (Å²) in [6, 6.07) is 15.0. The molecule has 1 atom stereocenters. The van der Waals surface area contributed by atoms with Crippen molar-refractivity contribution in [2.24, 2.45) is 7.05 Å². The lowest BCUT2D eigenvalue weighted by atomic mass is 9.97.